The first-order valence-corrected chi connectivity index (χ1v) is 6.97. The molecule has 0 unspecified atom stereocenters. The molecule has 0 aliphatic heterocycles. The Kier molecular flexibility index (Phi) is 7.56. The highest BCUT2D eigenvalue weighted by Gasteiger charge is 2.30. The lowest BCUT2D eigenvalue weighted by atomic mass is 10.2. The lowest BCUT2D eigenvalue weighted by molar-refractivity contribution is -0.404. The fraction of sp³-hybridized carbons (Fsp3) is 0.154. The number of non-ortho nitro benzene ring substituents is 1. The van der Waals surface area contributed by atoms with Crippen LogP contribution in [-0.4, -0.2) is 31.4 Å². The molecule has 2 rings (SSSR count). The van der Waals surface area contributed by atoms with Crippen molar-refractivity contribution >= 4 is 17.1 Å². The first-order valence-electron chi connectivity index (χ1n) is 6.97. The Morgan fingerprint density at radius 1 is 1.04 bits per heavy atom. The normalized spacial score (nSPS) is 9.33. The summed E-state index contributed by atoms with van der Waals surface area (Å²) in [7, 11) is 0. The van der Waals surface area contributed by atoms with E-state index in [1.165, 1.54) is 0 Å². The van der Waals surface area contributed by atoms with Crippen LogP contribution in [0.15, 0.2) is 41.8 Å². The van der Waals surface area contributed by atoms with E-state index in [1.54, 1.807) is 12.4 Å². The highest BCUT2D eigenvalue weighted by Crippen LogP contribution is 2.38. The van der Waals surface area contributed by atoms with Crippen molar-refractivity contribution in [3.8, 4) is 5.75 Å². The summed E-state index contributed by atoms with van der Waals surface area (Å²) < 4.78 is 0. The van der Waals surface area contributed by atoms with E-state index < -0.39 is 37.6 Å². The smallest absolute Gasteiger partial charge is 0.324 e. The summed E-state index contributed by atoms with van der Waals surface area (Å²) in [5.41, 5.74) is 6.13. The minimum Gasteiger partial charge on any atom is -0.497 e. The summed E-state index contributed by atoms with van der Waals surface area (Å²) >= 11 is 0. The molecule has 0 amide bonds. The number of nitrogens with zero attached hydrogens (tertiary/aromatic N) is 7. The molecular weight excluding hydrogens is 366 g/mol. The molecule has 14 nitrogen and oxygen atoms in total. The maximum absolute atomic E-state index is 10.4. The van der Waals surface area contributed by atoms with Gasteiger partial charge in [-0.25, -0.2) is 0 Å². The number of nitro groups is 3. The Hall–Kier alpha value is -4.32. The van der Waals surface area contributed by atoms with Crippen LogP contribution in [0.25, 0.3) is 10.4 Å². The van der Waals surface area contributed by atoms with Gasteiger partial charge in [0.15, 0.2) is 0 Å². The summed E-state index contributed by atoms with van der Waals surface area (Å²) in [6, 6.07) is 4.71. The zero-order valence-electron chi connectivity index (χ0n) is 13.4. The Labute approximate surface area is 149 Å². The Bertz CT molecular complexity index is 862. The van der Waals surface area contributed by atoms with Crippen LogP contribution in [0.1, 0.15) is 5.56 Å². The molecule has 0 aliphatic carbocycles. The van der Waals surface area contributed by atoms with E-state index in [-0.39, 0.29) is 0 Å². The van der Waals surface area contributed by atoms with Crippen LogP contribution < -0.4 is 0 Å². The molecule has 1 heterocycles. The maximum Gasteiger partial charge on any atom is 0.324 e. The van der Waals surface area contributed by atoms with Gasteiger partial charge >= 0.3 is 11.4 Å². The van der Waals surface area contributed by atoms with Crippen LogP contribution >= 0.6 is 0 Å². The first-order chi connectivity index (χ1) is 12.8. The van der Waals surface area contributed by atoms with E-state index >= 15 is 0 Å². The second-order valence-electron chi connectivity index (χ2n) is 4.66. The average Bonchev–Trinajstić information content (AvgIpc) is 2.63. The third-order valence-corrected chi connectivity index (χ3v) is 2.97. The van der Waals surface area contributed by atoms with Gasteiger partial charge in [-0.15, -0.1) is 0 Å². The van der Waals surface area contributed by atoms with Gasteiger partial charge < -0.3 is 5.11 Å². The number of pyridine rings is 1. The van der Waals surface area contributed by atoms with Crippen molar-refractivity contribution in [1.82, 2.24) is 4.98 Å². The van der Waals surface area contributed by atoms with Crippen molar-refractivity contribution in [2.24, 2.45) is 5.11 Å². The van der Waals surface area contributed by atoms with Crippen molar-refractivity contribution in [2.45, 2.75) is 6.42 Å². The van der Waals surface area contributed by atoms with Gasteiger partial charge in [0.1, 0.15) is 0 Å². The van der Waals surface area contributed by atoms with E-state index in [2.05, 4.69) is 15.0 Å². The number of rotatable bonds is 6. The molecule has 27 heavy (non-hydrogen) atoms. The first kappa shape index (κ1) is 20.7. The van der Waals surface area contributed by atoms with Crippen LogP contribution in [0.2, 0.25) is 0 Å². The number of aromatic nitrogens is 1. The molecule has 1 aromatic carbocycles. The monoisotopic (exact) mass is 377 g/mol. The molecular formula is C13H11N7O7. The van der Waals surface area contributed by atoms with Crippen molar-refractivity contribution in [3.05, 3.63) is 83.0 Å². The van der Waals surface area contributed by atoms with Crippen LogP contribution in [0.3, 0.4) is 0 Å². The average molecular weight is 377 g/mol. The molecule has 0 saturated heterocycles. The molecule has 14 heteroatoms. The summed E-state index contributed by atoms with van der Waals surface area (Å²) in [6.07, 6.45) is 4.24. The molecule has 1 N–H and O–H groups in total. The number of benzene rings is 1. The number of hydrogen-bond acceptors (Lipinski definition) is 9. The van der Waals surface area contributed by atoms with E-state index in [4.69, 9.17) is 10.6 Å². The Morgan fingerprint density at radius 3 is 1.96 bits per heavy atom. The number of nitro benzene ring substituents is 3. The van der Waals surface area contributed by atoms with Gasteiger partial charge in [0.2, 0.25) is 0 Å². The number of phenolic OH excluding ortho intramolecular Hbond substituents is 1. The molecule has 0 fully saturated rings. The lowest BCUT2D eigenvalue weighted by Gasteiger charge is -1.97. The van der Waals surface area contributed by atoms with Crippen molar-refractivity contribution < 1.29 is 19.9 Å². The number of azide groups is 1. The second kappa shape index (κ2) is 9.85. The van der Waals surface area contributed by atoms with E-state index in [0.717, 1.165) is 12.0 Å². The quantitative estimate of drug-likeness (QED) is 0.259. The van der Waals surface area contributed by atoms with Crippen LogP contribution in [-0.2, 0) is 6.42 Å². The number of hydrogen-bond donors (Lipinski definition) is 1. The van der Waals surface area contributed by atoms with E-state index in [9.17, 15) is 30.3 Å². The number of phenols is 1. The molecule has 2 aromatic rings. The minimum atomic E-state index is -1.21. The SMILES string of the molecule is O=[N+]([O-])c1cc([N+](=O)[O-])c(O)c([N+](=O)[O-])c1.[N-]=[N+]=NCCc1ccncc1. The summed E-state index contributed by atoms with van der Waals surface area (Å²) in [5, 5.41) is 43.6. The standard InChI is InChI=1S/C7H8N4.C6H3N3O7/c8-11-10-6-3-7-1-4-9-5-2-7;10-6-4(8(13)14)1-3(7(11)12)2-5(6)9(15)16/h1-2,4-5H,3,6H2;1-2,10H. The Morgan fingerprint density at radius 2 is 1.56 bits per heavy atom. The molecule has 140 valence electrons. The molecule has 0 spiro atoms. The van der Waals surface area contributed by atoms with Crippen molar-refractivity contribution in [1.29, 1.82) is 0 Å². The van der Waals surface area contributed by atoms with Gasteiger partial charge in [0.25, 0.3) is 11.4 Å². The lowest BCUT2D eigenvalue weighted by Crippen LogP contribution is -1.97. The van der Waals surface area contributed by atoms with Crippen LogP contribution in [0, 0.1) is 30.3 Å². The van der Waals surface area contributed by atoms with Crippen LogP contribution in [0.5, 0.6) is 5.75 Å². The maximum atomic E-state index is 10.4. The third kappa shape index (κ3) is 6.24. The van der Waals surface area contributed by atoms with Crippen molar-refractivity contribution in [2.75, 3.05) is 6.54 Å². The molecule has 0 saturated carbocycles. The summed E-state index contributed by atoms with van der Waals surface area (Å²) in [4.78, 5) is 34.3. The van der Waals surface area contributed by atoms with Gasteiger partial charge in [-0.1, -0.05) is 5.11 Å². The highest BCUT2D eigenvalue weighted by atomic mass is 16.6. The van der Waals surface area contributed by atoms with Crippen molar-refractivity contribution in [3.63, 3.8) is 0 Å². The predicted octanol–water partition coefficient (Wildman–Crippen LogP) is 3.05. The molecule has 0 aliphatic rings. The van der Waals surface area contributed by atoms with E-state index in [1.807, 2.05) is 12.1 Å². The van der Waals surface area contributed by atoms with Crippen LogP contribution in [0.4, 0.5) is 17.1 Å². The topological polar surface area (TPSA) is 211 Å². The molecule has 1 aromatic heterocycles. The second-order valence-corrected chi connectivity index (χ2v) is 4.66. The number of aromatic hydroxyl groups is 1. The zero-order valence-corrected chi connectivity index (χ0v) is 13.4. The summed E-state index contributed by atoms with van der Waals surface area (Å²) in [6.45, 7) is 0.514. The van der Waals surface area contributed by atoms with E-state index in [0.29, 0.717) is 18.7 Å². The van der Waals surface area contributed by atoms with Gasteiger partial charge in [0.05, 0.1) is 26.9 Å². The highest BCUT2D eigenvalue weighted by molar-refractivity contribution is 5.64. The summed E-state index contributed by atoms with van der Waals surface area (Å²) in [5.74, 6) is -1.21. The van der Waals surface area contributed by atoms with Gasteiger partial charge in [-0.05, 0) is 29.6 Å². The minimum absolute atomic E-state index is 0.447. The third-order valence-electron chi connectivity index (χ3n) is 2.97. The zero-order chi connectivity index (χ0) is 20.4. The fourth-order valence-electron chi connectivity index (χ4n) is 1.75. The largest absolute Gasteiger partial charge is 0.497 e. The molecule has 0 bridgehead atoms. The van der Waals surface area contributed by atoms with Gasteiger partial charge in [-0.3, -0.25) is 35.3 Å². The molecule has 0 atom stereocenters. The van der Waals surface area contributed by atoms with Gasteiger partial charge in [0, 0.05) is 23.9 Å². The van der Waals surface area contributed by atoms with Gasteiger partial charge in [-0.2, -0.15) is 0 Å². The fourth-order valence-corrected chi connectivity index (χ4v) is 1.75. The Balaban J connectivity index is 0.000000289. The molecule has 0 radical (unpaired) electrons. The predicted molar refractivity (Wildman–Crippen MR) is 90.0 cm³/mol.